The summed E-state index contributed by atoms with van der Waals surface area (Å²) < 4.78 is 10.6. The Hall–Kier alpha value is -2.71. The van der Waals surface area contributed by atoms with Crippen molar-refractivity contribution in [2.45, 2.75) is 6.42 Å². The summed E-state index contributed by atoms with van der Waals surface area (Å²) in [5, 5.41) is 14.7. The number of likely N-dealkylation sites (N-methyl/N-ethyl adjacent to an activating group) is 1. The maximum absolute atomic E-state index is 11.5. The molecule has 1 aliphatic heterocycles. The molecular weight excluding hydrogens is 408 g/mol. The number of halogens is 1. The predicted octanol–water partition coefficient (Wildman–Crippen LogP) is 0.0224. The van der Waals surface area contributed by atoms with E-state index in [0.717, 1.165) is 37.4 Å². The lowest BCUT2D eigenvalue weighted by Gasteiger charge is -2.34. The minimum atomic E-state index is -0.341. The molecule has 8 nitrogen and oxygen atoms in total. The molecule has 1 fully saturated rings. The third-order valence-corrected chi connectivity index (χ3v) is 5.22. The van der Waals surface area contributed by atoms with E-state index < -0.39 is 0 Å². The van der Waals surface area contributed by atoms with Gasteiger partial charge in [-0.15, -0.1) is 0 Å². The maximum Gasteiger partial charge on any atom is 0.292 e. The van der Waals surface area contributed by atoms with Gasteiger partial charge in [-0.05, 0) is 43.3 Å². The van der Waals surface area contributed by atoms with Gasteiger partial charge in [0, 0.05) is 44.5 Å². The van der Waals surface area contributed by atoms with Crippen LogP contribution in [-0.4, -0.2) is 63.8 Å². The Labute approximate surface area is 183 Å². The molecule has 30 heavy (non-hydrogen) atoms. The monoisotopic (exact) mass is 435 g/mol. The van der Waals surface area contributed by atoms with E-state index in [0.29, 0.717) is 30.2 Å². The number of nitrogens with zero attached hydrogens (tertiary/aromatic N) is 3. The quantitative estimate of drug-likeness (QED) is 0.462. The zero-order valence-electron chi connectivity index (χ0n) is 17.6. The van der Waals surface area contributed by atoms with Crippen molar-refractivity contribution < 1.29 is 26.8 Å². The van der Waals surface area contributed by atoms with Crippen LogP contribution in [0.2, 0.25) is 0 Å². The van der Waals surface area contributed by atoms with Gasteiger partial charge >= 0.3 is 0 Å². The molecule has 2 aromatic carbocycles. The van der Waals surface area contributed by atoms with Crippen LogP contribution in [0.15, 0.2) is 36.4 Å². The zero-order valence-corrected chi connectivity index (χ0v) is 18.3. The molecule has 0 radical (unpaired) electrons. The minimum absolute atomic E-state index is 0. The molecule has 2 aromatic rings. The van der Waals surface area contributed by atoms with Crippen LogP contribution >= 0.6 is 0 Å². The molecule has 0 aromatic heterocycles. The van der Waals surface area contributed by atoms with E-state index in [4.69, 9.17) is 9.47 Å². The molecule has 1 heterocycles. The number of methoxy groups -OCH3 is 2. The first kappa shape index (κ1) is 23.6. The summed E-state index contributed by atoms with van der Waals surface area (Å²) >= 11 is 0. The first-order valence-corrected chi connectivity index (χ1v) is 9.68. The van der Waals surface area contributed by atoms with Crippen LogP contribution in [0.4, 0.5) is 17.1 Å². The molecule has 1 N–H and O–H groups in total. The van der Waals surface area contributed by atoms with E-state index in [1.54, 1.807) is 20.3 Å². The van der Waals surface area contributed by atoms with Crippen LogP contribution in [0.3, 0.4) is 0 Å². The largest absolute Gasteiger partial charge is 1.00 e. The Morgan fingerprint density at radius 2 is 1.73 bits per heavy atom. The molecule has 1 saturated heterocycles. The van der Waals surface area contributed by atoms with E-state index in [1.807, 2.05) is 30.3 Å². The van der Waals surface area contributed by atoms with Gasteiger partial charge in [0.15, 0.2) is 11.5 Å². The lowest BCUT2D eigenvalue weighted by Crippen LogP contribution is -3.00. The fraction of sp³-hybridized carbons (Fsp3) is 0.429. The summed E-state index contributed by atoms with van der Waals surface area (Å²) in [6.45, 7) is 4.37. The summed E-state index contributed by atoms with van der Waals surface area (Å²) in [4.78, 5) is 15.7. The molecule has 0 amide bonds. The molecule has 0 aliphatic carbocycles. The van der Waals surface area contributed by atoms with Crippen molar-refractivity contribution in [3.05, 3.63) is 52.1 Å². The van der Waals surface area contributed by atoms with Gasteiger partial charge in [-0.3, -0.25) is 10.1 Å². The highest BCUT2D eigenvalue weighted by Gasteiger charge is 2.19. The molecule has 1 aliphatic rings. The van der Waals surface area contributed by atoms with Crippen molar-refractivity contribution in [3.63, 3.8) is 0 Å². The van der Waals surface area contributed by atoms with Gasteiger partial charge in [0.1, 0.15) is 5.69 Å². The maximum atomic E-state index is 11.5. The fourth-order valence-corrected chi connectivity index (χ4v) is 3.46. The molecule has 0 unspecified atom stereocenters. The number of nitro groups is 1. The van der Waals surface area contributed by atoms with Gasteiger partial charge in [0.2, 0.25) is 0 Å². The smallest absolute Gasteiger partial charge is 0.292 e. The van der Waals surface area contributed by atoms with Crippen LogP contribution in [0.25, 0.3) is 0 Å². The number of nitrogens with one attached hydrogen (secondary N) is 1. The first-order chi connectivity index (χ1) is 14.0. The van der Waals surface area contributed by atoms with E-state index in [1.165, 1.54) is 0 Å². The summed E-state index contributed by atoms with van der Waals surface area (Å²) in [5.41, 5.74) is 2.72. The number of anilines is 2. The van der Waals surface area contributed by atoms with Crippen molar-refractivity contribution in [1.29, 1.82) is 0 Å². The molecule has 0 atom stereocenters. The van der Waals surface area contributed by atoms with E-state index in [9.17, 15) is 10.1 Å². The molecule has 164 valence electrons. The number of piperazine rings is 1. The summed E-state index contributed by atoms with van der Waals surface area (Å²) in [5.74, 6) is 1.35. The summed E-state index contributed by atoms with van der Waals surface area (Å²) in [7, 11) is 5.31. The van der Waals surface area contributed by atoms with Crippen LogP contribution in [0, 0.1) is 10.1 Å². The topological polar surface area (TPSA) is 80.1 Å². The average Bonchev–Trinajstić information content (AvgIpc) is 2.74. The number of hydrogen-bond donors (Lipinski definition) is 1. The highest BCUT2D eigenvalue weighted by molar-refractivity contribution is 5.69. The predicted molar refractivity (Wildman–Crippen MR) is 115 cm³/mol. The number of ether oxygens (including phenoxy) is 2. The Kier molecular flexibility index (Phi) is 8.56. The number of hydrogen-bond acceptors (Lipinski definition) is 7. The molecule has 0 saturated carbocycles. The average molecular weight is 436 g/mol. The lowest BCUT2D eigenvalue weighted by molar-refractivity contribution is -0.383. The van der Waals surface area contributed by atoms with E-state index in [2.05, 4.69) is 22.2 Å². The number of nitro benzene ring substituents is 1. The summed E-state index contributed by atoms with van der Waals surface area (Å²) in [6, 6.07) is 11.1. The number of rotatable bonds is 8. The Balaban J connectivity index is 0.00000320. The lowest BCUT2D eigenvalue weighted by atomic mass is 10.1. The van der Waals surface area contributed by atoms with Gasteiger partial charge in [0.25, 0.3) is 5.69 Å². The van der Waals surface area contributed by atoms with Crippen molar-refractivity contribution in [2.24, 2.45) is 0 Å². The van der Waals surface area contributed by atoms with Gasteiger partial charge in [-0.2, -0.15) is 0 Å². The Morgan fingerprint density at radius 1 is 1.03 bits per heavy atom. The second-order valence-corrected chi connectivity index (χ2v) is 7.11. The standard InChI is InChI=1S/C21H28N4O4.ClH/c1-23-10-12-24(13-11-23)17-5-6-19(25(26)27)18(15-17)22-9-8-16-4-7-20(28-2)21(14-16)29-3;/h4-7,14-15,22H,8-13H2,1-3H3;1H/p-1. The van der Waals surface area contributed by atoms with Gasteiger partial charge < -0.3 is 37.0 Å². The molecule has 3 rings (SSSR count). The van der Waals surface area contributed by atoms with Crippen LogP contribution in [0.1, 0.15) is 5.56 Å². The summed E-state index contributed by atoms with van der Waals surface area (Å²) in [6.07, 6.45) is 0.705. The van der Waals surface area contributed by atoms with Crippen LogP contribution < -0.4 is 32.1 Å². The highest BCUT2D eigenvalue weighted by atomic mass is 35.5. The van der Waals surface area contributed by atoms with Crippen LogP contribution in [-0.2, 0) is 6.42 Å². The fourth-order valence-electron chi connectivity index (χ4n) is 3.46. The van der Waals surface area contributed by atoms with Crippen molar-refractivity contribution in [2.75, 3.05) is 64.2 Å². The molecule has 0 bridgehead atoms. The minimum Gasteiger partial charge on any atom is -1.00 e. The second-order valence-electron chi connectivity index (χ2n) is 7.11. The van der Waals surface area contributed by atoms with Crippen molar-refractivity contribution in [3.8, 4) is 11.5 Å². The van der Waals surface area contributed by atoms with Crippen molar-refractivity contribution >= 4 is 17.1 Å². The Bertz CT molecular complexity index is 857. The highest BCUT2D eigenvalue weighted by Crippen LogP contribution is 2.31. The number of benzene rings is 2. The zero-order chi connectivity index (χ0) is 20.8. The normalized spacial score (nSPS) is 14.0. The SMILES string of the molecule is COc1ccc(CCNc2cc(N3CCN(C)CC3)ccc2[N+](=O)[O-])cc1OC.[Cl-]. The third kappa shape index (κ3) is 5.67. The molecule has 9 heteroatoms. The van der Waals surface area contributed by atoms with Gasteiger partial charge in [0.05, 0.1) is 19.1 Å². The van der Waals surface area contributed by atoms with E-state index >= 15 is 0 Å². The van der Waals surface area contributed by atoms with Crippen LogP contribution in [0.5, 0.6) is 11.5 Å². The van der Waals surface area contributed by atoms with E-state index in [-0.39, 0.29) is 23.0 Å². The van der Waals surface area contributed by atoms with Gasteiger partial charge in [-0.1, -0.05) is 6.07 Å². The molecule has 0 spiro atoms. The molecular formula is C21H28ClN4O4-. The van der Waals surface area contributed by atoms with Crippen molar-refractivity contribution in [1.82, 2.24) is 4.90 Å². The first-order valence-electron chi connectivity index (χ1n) is 9.68. The second kappa shape index (κ2) is 10.9. The van der Waals surface area contributed by atoms with Gasteiger partial charge in [-0.25, -0.2) is 0 Å². The third-order valence-electron chi connectivity index (χ3n) is 5.22. The Morgan fingerprint density at radius 3 is 2.37 bits per heavy atom.